The average molecular weight is 229 g/mol. The fourth-order valence-corrected chi connectivity index (χ4v) is 1.08. The summed E-state index contributed by atoms with van der Waals surface area (Å²) in [5, 5.41) is 8.44. The lowest BCUT2D eigenvalue weighted by atomic mass is 10.1. The first kappa shape index (κ1) is 12.5. The van der Waals surface area contributed by atoms with E-state index in [1.54, 1.807) is 24.3 Å². The van der Waals surface area contributed by atoms with E-state index in [4.69, 9.17) is 10.8 Å². The maximum absolute atomic E-state index is 10.4. The molecule has 0 spiro atoms. The van der Waals surface area contributed by atoms with E-state index in [9.17, 15) is 9.59 Å². The summed E-state index contributed by atoms with van der Waals surface area (Å²) in [6.45, 7) is 0. The van der Waals surface area contributed by atoms with Gasteiger partial charge >= 0.3 is 5.97 Å². The number of nitrogens with two attached hydrogens (primary N) is 1. The molecule has 3 N–H and O–H groups in total. The van der Waals surface area contributed by atoms with Crippen LogP contribution < -0.4 is 5.73 Å². The number of primary amides is 1. The van der Waals surface area contributed by atoms with Crippen molar-refractivity contribution in [2.75, 3.05) is 0 Å². The zero-order valence-corrected chi connectivity index (χ0v) is 9.01. The molecule has 0 radical (unpaired) electrons. The molecule has 4 heteroatoms. The van der Waals surface area contributed by atoms with E-state index in [1.807, 2.05) is 0 Å². The van der Waals surface area contributed by atoms with Crippen LogP contribution in [-0.4, -0.2) is 17.0 Å². The quantitative estimate of drug-likeness (QED) is 0.599. The van der Waals surface area contributed by atoms with Gasteiger partial charge in [-0.05, 0) is 23.8 Å². The fourth-order valence-electron chi connectivity index (χ4n) is 1.08. The van der Waals surface area contributed by atoms with Crippen LogP contribution in [0.2, 0.25) is 0 Å². The first-order chi connectivity index (χ1) is 8.08. The minimum absolute atomic E-state index is 0.0284. The molecule has 0 heterocycles. The number of hydrogen-bond donors (Lipinski definition) is 2. The molecule has 0 aliphatic carbocycles. The standard InChI is InChI=1S/C13H11NO3/c14-12(15)3-1-2-10-4-6-11(7-5-10)8-9-13(16)17/h4-9H,3H2,(H2,14,15)(H,16,17)/b9-8+. The van der Waals surface area contributed by atoms with Gasteiger partial charge in [0.1, 0.15) is 0 Å². The highest BCUT2D eigenvalue weighted by molar-refractivity contribution is 5.85. The summed E-state index contributed by atoms with van der Waals surface area (Å²) >= 11 is 0. The van der Waals surface area contributed by atoms with Gasteiger partial charge in [0, 0.05) is 11.6 Å². The van der Waals surface area contributed by atoms with Gasteiger partial charge in [-0.25, -0.2) is 4.79 Å². The third-order valence-corrected chi connectivity index (χ3v) is 1.82. The molecule has 1 aromatic carbocycles. The van der Waals surface area contributed by atoms with Crippen LogP contribution in [0.3, 0.4) is 0 Å². The summed E-state index contributed by atoms with van der Waals surface area (Å²) in [7, 11) is 0. The van der Waals surface area contributed by atoms with Crippen molar-refractivity contribution in [3.63, 3.8) is 0 Å². The number of carboxylic acid groups (broad SMARTS) is 1. The van der Waals surface area contributed by atoms with Gasteiger partial charge in [0.2, 0.25) is 5.91 Å². The summed E-state index contributed by atoms with van der Waals surface area (Å²) in [6.07, 6.45) is 2.58. The van der Waals surface area contributed by atoms with Gasteiger partial charge in [0.25, 0.3) is 0 Å². The highest BCUT2D eigenvalue weighted by Gasteiger charge is 1.91. The number of aliphatic carboxylic acids is 1. The van der Waals surface area contributed by atoms with Crippen LogP contribution in [0, 0.1) is 11.8 Å². The molecule has 0 saturated heterocycles. The van der Waals surface area contributed by atoms with Crippen LogP contribution >= 0.6 is 0 Å². The van der Waals surface area contributed by atoms with Gasteiger partial charge in [-0.3, -0.25) is 4.79 Å². The molecule has 0 aliphatic rings. The predicted molar refractivity (Wildman–Crippen MR) is 63.8 cm³/mol. The Balaban J connectivity index is 2.70. The second-order valence-electron chi connectivity index (χ2n) is 3.24. The molecule has 1 aromatic rings. The molecule has 0 fully saturated rings. The number of carbonyl (C=O) groups excluding carboxylic acids is 1. The Kier molecular flexibility index (Phi) is 4.52. The topological polar surface area (TPSA) is 80.4 Å². The van der Waals surface area contributed by atoms with Crippen molar-refractivity contribution in [1.29, 1.82) is 0 Å². The number of carbonyl (C=O) groups is 2. The van der Waals surface area contributed by atoms with Crippen molar-refractivity contribution in [3.8, 4) is 11.8 Å². The van der Waals surface area contributed by atoms with Crippen molar-refractivity contribution in [2.45, 2.75) is 6.42 Å². The van der Waals surface area contributed by atoms with Crippen LogP contribution in [0.4, 0.5) is 0 Å². The van der Waals surface area contributed by atoms with Crippen LogP contribution in [0.1, 0.15) is 17.5 Å². The Morgan fingerprint density at radius 2 is 1.94 bits per heavy atom. The minimum atomic E-state index is -0.990. The number of rotatable bonds is 3. The lowest BCUT2D eigenvalue weighted by Gasteiger charge is -1.93. The largest absolute Gasteiger partial charge is 0.478 e. The van der Waals surface area contributed by atoms with E-state index in [0.29, 0.717) is 0 Å². The van der Waals surface area contributed by atoms with Crippen LogP contribution in [0.15, 0.2) is 30.3 Å². The van der Waals surface area contributed by atoms with Crippen molar-refractivity contribution >= 4 is 18.0 Å². The monoisotopic (exact) mass is 229 g/mol. The zero-order chi connectivity index (χ0) is 12.7. The highest BCUT2D eigenvalue weighted by atomic mass is 16.4. The lowest BCUT2D eigenvalue weighted by Crippen LogP contribution is -2.08. The van der Waals surface area contributed by atoms with Crippen molar-refractivity contribution in [3.05, 3.63) is 41.5 Å². The fraction of sp³-hybridized carbons (Fsp3) is 0.0769. The molecule has 0 aromatic heterocycles. The number of amides is 1. The number of hydrogen-bond acceptors (Lipinski definition) is 2. The van der Waals surface area contributed by atoms with E-state index in [0.717, 1.165) is 17.2 Å². The van der Waals surface area contributed by atoms with E-state index in [2.05, 4.69) is 11.8 Å². The zero-order valence-electron chi connectivity index (χ0n) is 9.01. The van der Waals surface area contributed by atoms with E-state index in [1.165, 1.54) is 6.08 Å². The summed E-state index contributed by atoms with van der Waals surface area (Å²) in [6, 6.07) is 6.98. The van der Waals surface area contributed by atoms with Crippen LogP contribution in [0.5, 0.6) is 0 Å². The second-order valence-corrected chi connectivity index (χ2v) is 3.24. The van der Waals surface area contributed by atoms with Crippen molar-refractivity contribution < 1.29 is 14.7 Å². The van der Waals surface area contributed by atoms with Gasteiger partial charge < -0.3 is 10.8 Å². The molecule has 0 unspecified atom stereocenters. The third-order valence-electron chi connectivity index (χ3n) is 1.82. The molecule has 86 valence electrons. The number of benzene rings is 1. The molecule has 17 heavy (non-hydrogen) atoms. The second kappa shape index (κ2) is 6.13. The maximum atomic E-state index is 10.4. The smallest absolute Gasteiger partial charge is 0.328 e. The minimum Gasteiger partial charge on any atom is -0.478 e. The Hall–Kier alpha value is -2.54. The van der Waals surface area contributed by atoms with E-state index in [-0.39, 0.29) is 6.42 Å². The molecule has 1 amide bonds. The predicted octanol–water partition coefficient (Wildman–Crippen LogP) is 1.01. The maximum Gasteiger partial charge on any atom is 0.328 e. The molecular formula is C13H11NO3. The Labute approximate surface area is 98.8 Å². The van der Waals surface area contributed by atoms with Gasteiger partial charge in [-0.2, -0.15) is 0 Å². The van der Waals surface area contributed by atoms with Gasteiger partial charge in [-0.1, -0.05) is 24.0 Å². The van der Waals surface area contributed by atoms with Gasteiger partial charge in [-0.15, -0.1) is 0 Å². The normalized spacial score (nSPS) is 9.65. The van der Waals surface area contributed by atoms with Gasteiger partial charge in [0.15, 0.2) is 0 Å². The molecule has 0 saturated carbocycles. The number of carboxylic acids is 1. The molecule has 0 atom stereocenters. The first-order valence-electron chi connectivity index (χ1n) is 4.86. The first-order valence-corrected chi connectivity index (χ1v) is 4.86. The van der Waals surface area contributed by atoms with E-state index >= 15 is 0 Å². The Morgan fingerprint density at radius 1 is 1.29 bits per heavy atom. The third kappa shape index (κ3) is 5.19. The average Bonchev–Trinajstić information content (AvgIpc) is 2.27. The molecule has 4 nitrogen and oxygen atoms in total. The SMILES string of the molecule is NC(=O)CC#Cc1ccc(/C=C/C(=O)O)cc1. The lowest BCUT2D eigenvalue weighted by molar-refractivity contribution is -0.131. The molecule has 1 rings (SSSR count). The summed E-state index contributed by atoms with van der Waals surface area (Å²) in [5.74, 6) is 3.96. The van der Waals surface area contributed by atoms with Crippen LogP contribution in [-0.2, 0) is 9.59 Å². The summed E-state index contributed by atoms with van der Waals surface area (Å²) < 4.78 is 0. The molecule has 0 bridgehead atoms. The van der Waals surface area contributed by atoms with Crippen molar-refractivity contribution in [1.82, 2.24) is 0 Å². The Morgan fingerprint density at radius 3 is 2.47 bits per heavy atom. The van der Waals surface area contributed by atoms with Crippen LogP contribution in [0.25, 0.3) is 6.08 Å². The summed E-state index contributed by atoms with van der Waals surface area (Å²) in [5.41, 5.74) is 6.46. The van der Waals surface area contributed by atoms with Crippen molar-refractivity contribution in [2.24, 2.45) is 5.73 Å². The summed E-state index contributed by atoms with van der Waals surface area (Å²) in [4.78, 5) is 20.7. The molecule has 0 aliphatic heterocycles. The molecular weight excluding hydrogens is 218 g/mol. The van der Waals surface area contributed by atoms with Gasteiger partial charge in [0.05, 0.1) is 6.42 Å². The Bertz CT molecular complexity index is 504. The van der Waals surface area contributed by atoms with E-state index < -0.39 is 11.9 Å². The highest BCUT2D eigenvalue weighted by Crippen LogP contribution is 2.05.